The van der Waals surface area contributed by atoms with Gasteiger partial charge in [0.15, 0.2) is 0 Å². The number of sulfonamides is 1. The van der Waals surface area contributed by atoms with Crippen LogP contribution in [0.1, 0.15) is 18.0 Å². The third-order valence-corrected chi connectivity index (χ3v) is 7.61. The minimum absolute atomic E-state index is 0.00191. The van der Waals surface area contributed by atoms with E-state index in [2.05, 4.69) is 25.3 Å². The van der Waals surface area contributed by atoms with E-state index in [-0.39, 0.29) is 4.90 Å². The number of nitrogens with zero attached hydrogens (tertiary/aromatic N) is 1. The number of carboxylic acid groups (broad SMARTS) is 1. The standard InChI is InChI=1S/C29H25N5O5S/c35-27(36)18-26(20-7-2-1-3-8-20)34-40(38,39)23-15-13-19(14-16-23)21-9-6-10-22(17-21)30-29(37)33-28-31-24-11-4-5-12-25(24)32-28/h1-17,26,34H,18H2,(H,35,36)(H3,30,31,32,33,37). The van der Waals surface area contributed by atoms with E-state index < -0.39 is 34.5 Å². The van der Waals surface area contributed by atoms with Gasteiger partial charge in [0, 0.05) is 5.69 Å². The van der Waals surface area contributed by atoms with Gasteiger partial charge in [0.05, 0.1) is 28.4 Å². The van der Waals surface area contributed by atoms with Crippen molar-refractivity contribution in [3.63, 3.8) is 0 Å². The van der Waals surface area contributed by atoms with Crippen molar-refractivity contribution >= 4 is 44.7 Å². The minimum Gasteiger partial charge on any atom is -0.481 e. The summed E-state index contributed by atoms with van der Waals surface area (Å²) in [5.74, 6) is -0.801. The Bertz CT molecular complexity index is 1740. The molecule has 0 saturated carbocycles. The van der Waals surface area contributed by atoms with Crippen LogP contribution in [0.4, 0.5) is 16.4 Å². The van der Waals surface area contributed by atoms with Gasteiger partial charge < -0.3 is 15.4 Å². The molecular formula is C29H25N5O5S. The van der Waals surface area contributed by atoms with Gasteiger partial charge >= 0.3 is 12.0 Å². The summed E-state index contributed by atoms with van der Waals surface area (Å²) >= 11 is 0. The number of carbonyl (C=O) groups is 2. The number of benzene rings is 4. The number of carbonyl (C=O) groups excluding carboxylic acids is 1. The highest BCUT2D eigenvalue weighted by Crippen LogP contribution is 2.26. The van der Waals surface area contributed by atoms with Gasteiger partial charge in [-0.25, -0.2) is 22.9 Å². The fourth-order valence-corrected chi connectivity index (χ4v) is 5.45. The number of nitrogens with one attached hydrogen (secondary N) is 4. The highest BCUT2D eigenvalue weighted by atomic mass is 32.2. The number of anilines is 2. The highest BCUT2D eigenvalue weighted by Gasteiger charge is 2.23. The zero-order chi connectivity index (χ0) is 28.1. The molecule has 1 unspecified atom stereocenters. The van der Waals surface area contributed by atoms with Crippen LogP contribution < -0.4 is 15.4 Å². The maximum atomic E-state index is 13.1. The number of fused-ring (bicyclic) bond motifs is 1. The lowest BCUT2D eigenvalue weighted by Gasteiger charge is -2.18. The van der Waals surface area contributed by atoms with Gasteiger partial charge in [-0.3, -0.25) is 10.1 Å². The zero-order valence-electron chi connectivity index (χ0n) is 21.0. The molecule has 0 fully saturated rings. The SMILES string of the molecule is O=C(O)CC(NS(=O)(=O)c1ccc(-c2cccc(NC(=O)Nc3nc4ccccc4[nH]3)c2)cc1)c1ccccc1. The number of hydrogen-bond donors (Lipinski definition) is 5. The Hall–Kier alpha value is -5.00. The van der Waals surface area contributed by atoms with Crippen LogP contribution in [-0.2, 0) is 14.8 Å². The van der Waals surface area contributed by atoms with Crippen LogP contribution in [0.2, 0.25) is 0 Å². The molecule has 5 rings (SSSR count). The Labute approximate surface area is 230 Å². The summed E-state index contributed by atoms with van der Waals surface area (Å²) < 4.78 is 28.6. The number of aromatic amines is 1. The van der Waals surface area contributed by atoms with E-state index in [9.17, 15) is 23.1 Å². The average Bonchev–Trinajstić information content (AvgIpc) is 3.35. The molecule has 1 aromatic heterocycles. The Kier molecular flexibility index (Phi) is 7.58. The summed E-state index contributed by atoms with van der Waals surface area (Å²) in [6.45, 7) is 0. The average molecular weight is 556 g/mol. The first-order chi connectivity index (χ1) is 19.3. The molecule has 5 N–H and O–H groups in total. The van der Waals surface area contributed by atoms with Crippen molar-refractivity contribution in [2.75, 3.05) is 10.6 Å². The van der Waals surface area contributed by atoms with Crippen molar-refractivity contribution in [3.05, 3.63) is 109 Å². The Balaban J connectivity index is 1.28. The number of amides is 2. The van der Waals surface area contributed by atoms with Gasteiger partial charge in [-0.2, -0.15) is 0 Å². The number of H-pyrrole nitrogens is 1. The normalized spacial score (nSPS) is 12.1. The Morgan fingerprint density at radius 3 is 2.27 bits per heavy atom. The number of hydrogen-bond acceptors (Lipinski definition) is 5. The second kappa shape index (κ2) is 11.4. The van der Waals surface area contributed by atoms with Gasteiger partial charge in [0.2, 0.25) is 16.0 Å². The number of para-hydroxylation sites is 2. The monoisotopic (exact) mass is 555 g/mol. The van der Waals surface area contributed by atoms with Gasteiger partial charge in [0.1, 0.15) is 0 Å². The Morgan fingerprint density at radius 1 is 0.825 bits per heavy atom. The van der Waals surface area contributed by atoms with Gasteiger partial charge in [0.25, 0.3) is 0 Å². The first-order valence-corrected chi connectivity index (χ1v) is 13.8. The summed E-state index contributed by atoms with van der Waals surface area (Å²) in [5.41, 5.74) is 4.11. The molecule has 0 spiro atoms. The van der Waals surface area contributed by atoms with Gasteiger partial charge in [-0.15, -0.1) is 0 Å². The van der Waals surface area contributed by atoms with Gasteiger partial charge in [-0.05, 0) is 53.1 Å². The lowest BCUT2D eigenvalue weighted by Crippen LogP contribution is -2.30. The summed E-state index contributed by atoms with van der Waals surface area (Å²) in [5, 5.41) is 14.7. The summed E-state index contributed by atoms with van der Waals surface area (Å²) in [4.78, 5) is 31.2. The van der Waals surface area contributed by atoms with E-state index in [1.807, 2.05) is 30.3 Å². The predicted octanol–water partition coefficient (Wildman–Crippen LogP) is 5.37. The number of aromatic nitrogens is 2. The van der Waals surface area contributed by atoms with Crippen LogP contribution >= 0.6 is 0 Å². The Morgan fingerprint density at radius 2 is 1.55 bits per heavy atom. The van der Waals surface area contributed by atoms with Crippen LogP contribution in [0.3, 0.4) is 0 Å². The molecule has 0 aliphatic carbocycles. The summed E-state index contributed by atoms with van der Waals surface area (Å²) in [6.07, 6.45) is -0.398. The van der Waals surface area contributed by atoms with Crippen molar-refractivity contribution in [2.24, 2.45) is 0 Å². The van der Waals surface area contributed by atoms with Crippen molar-refractivity contribution < 1.29 is 23.1 Å². The molecule has 0 aliphatic rings. The van der Waals surface area contributed by atoms with Gasteiger partial charge in [-0.1, -0.05) is 66.7 Å². The molecule has 5 aromatic rings. The van der Waals surface area contributed by atoms with E-state index in [1.54, 1.807) is 60.7 Å². The van der Waals surface area contributed by atoms with Crippen LogP contribution in [0.15, 0.2) is 108 Å². The van der Waals surface area contributed by atoms with Crippen molar-refractivity contribution in [1.29, 1.82) is 0 Å². The number of imidazole rings is 1. The fraction of sp³-hybridized carbons (Fsp3) is 0.0690. The lowest BCUT2D eigenvalue weighted by atomic mass is 10.1. The number of aliphatic carboxylic acids is 1. The van der Waals surface area contributed by atoms with E-state index in [4.69, 9.17) is 0 Å². The molecule has 202 valence electrons. The largest absolute Gasteiger partial charge is 0.481 e. The maximum Gasteiger partial charge on any atom is 0.326 e. The molecule has 1 atom stereocenters. The topological polar surface area (TPSA) is 153 Å². The molecule has 0 saturated heterocycles. The molecule has 11 heteroatoms. The van der Waals surface area contributed by atoms with Crippen LogP contribution in [0, 0.1) is 0 Å². The molecule has 0 aliphatic heterocycles. The molecule has 10 nitrogen and oxygen atoms in total. The molecule has 4 aromatic carbocycles. The highest BCUT2D eigenvalue weighted by molar-refractivity contribution is 7.89. The minimum atomic E-state index is -4.00. The third kappa shape index (κ3) is 6.34. The first-order valence-electron chi connectivity index (χ1n) is 12.3. The summed E-state index contributed by atoms with van der Waals surface area (Å²) in [7, 11) is -4.00. The fourth-order valence-electron chi connectivity index (χ4n) is 4.23. The molecule has 1 heterocycles. The number of rotatable bonds is 9. The molecule has 40 heavy (non-hydrogen) atoms. The number of urea groups is 1. The molecular weight excluding hydrogens is 530 g/mol. The van der Waals surface area contributed by atoms with E-state index in [0.717, 1.165) is 22.2 Å². The quantitative estimate of drug-likeness (QED) is 0.165. The van der Waals surface area contributed by atoms with Crippen molar-refractivity contribution in [1.82, 2.24) is 14.7 Å². The molecule has 0 bridgehead atoms. The second-order valence-corrected chi connectivity index (χ2v) is 10.7. The van der Waals surface area contributed by atoms with E-state index >= 15 is 0 Å². The van der Waals surface area contributed by atoms with E-state index in [0.29, 0.717) is 17.2 Å². The van der Waals surface area contributed by atoms with Crippen molar-refractivity contribution in [3.8, 4) is 11.1 Å². The smallest absolute Gasteiger partial charge is 0.326 e. The van der Waals surface area contributed by atoms with E-state index in [1.165, 1.54) is 12.1 Å². The third-order valence-electron chi connectivity index (χ3n) is 6.12. The van der Waals surface area contributed by atoms with Crippen LogP contribution in [-0.4, -0.2) is 35.5 Å². The zero-order valence-corrected chi connectivity index (χ0v) is 21.9. The predicted molar refractivity (Wildman–Crippen MR) is 152 cm³/mol. The summed E-state index contributed by atoms with van der Waals surface area (Å²) in [6, 6.07) is 27.9. The molecule has 2 amide bonds. The lowest BCUT2D eigenvalue weighted by molar-refractivity contribution is -0.137. The van der Waals surface area contributed by atoms with Crippen molar-refractivity contribution in [2.45, 2.75) is 17.4 Å². The van der Waals surface area contributed by atoms with Crippen LogP contribution in [0.5, 0.6) is 0 Å². The maximum absolute atomic E-state index is 13.1. The van der Waals surface area contributed by atoms with Crippen LogP contribution in [0.25, 0.3) is 22.2 Å². The number of carboxylic acids is 1. The first kappa shape index (κ1) is 26.6. The molecule has 0 radical (unpaired) electrons. The second-order valence-electron chi connectivity index (χ2n) is 8.97.